The Balaban J connectivity index is 2.29. The molecule has 0 saturated heterocycles. The maximum Gasteiger partial charge on any atom is 0.276 e. The van der Waals surface area contributed by atoms with Crippen molar-refractivity contribution < 1.29 is 34.8 Å². The molecular formula is C24H32N2O8S5. The fourth-order valence-electron chi connectivity index (χ4n) is 3.50. The summed E-state index contributed by atoms with van der Waals surface area (Å²) in [5.74, 6) is -0.539. The van der Waals surface area contributed by atoms with Gasteiger partial charge in [-0.3, -0.25) is 9.59 Å². The average molecular weight is 637 g/mol. The molecule has 0 aliphatic heterocycles. The van der Waals surface area contributed by atoms with Gasteiger partial charge in [0.1, 0.15) is 0 Å². The van der Waals surface area contributed by atoms with Crippen LogP contribution < -0.4 is 9.44 Å². The predicted molar refractivity (Wildman–Crippen MR) is 157 cm³/mol. The number of nitrogens with one attached hydrogen (secondary N) is 2. The lowest BCUT2D eigenvalue weighted by molar-refractivity contribution is -0.116. The Labute approximate surface area is 239 Å². The average Bonchev–Trinajstić information content (AvgIpc) is 2.88. The lowest BCUT2D eigenvalue weighted by Gasteiger charge is -2.20. The summed E-state index contributed by atoms with van der Waals surface area (Å²) in [5.41, 5.74) is 0.843. The molecule has 0 aliphatic rings. The molecule has 39 heavy (non-hydrogen) atoms. The molecule has 0 bridgehead atoms. The van der Waals surface area contributed by atoms with Gasteiger partial charge in [0.05, 0.1) is 23.6 Å². The minimum absolute atomic E-state index is 0.185. The lowest BCUT2D eigenvalue weighted by Crippen LogP contribution is -2.51. The van der Waals surface area contributed by atoms with Crippen molar-refractivity contribution in [1.29, 1.82) is 0 Å². The number of sulfone groups is 1. The largest absolute Gasteiger partial charge is 0.279 e. The van der Waals surface area contributed by atoms with E-state index in [4.69, 9.17) is 0 Å². The molecule has 2 N–H and O–H groups in total. The van der Waals surface area contributed by atoms with Crippen LogP contribution >= 0.6 is 23.5 Å². The van der Waals surface area contributed by atoms with Gasteiger partial charge in [0.25, 0.3) is 20.1 Å². The third-order valence-electron chi connectivity index (χ3n) is 5.36. The van der Waals surface area contributed by atoms with Gasteiger partial charge in [-0.2, -0.15) is 23.5 Å². The molecule has 0 unspecified atom stereocenters. The summed E-state index contributed by atoms with van der Waals surface area (Å²) in [4.78, 5) is 26.3. The van der Waals surface area contributed by atoms with Crippen molar-refractivity contribution >= 4 is 63.6 Å². The molecule has 0 heterocycles. The van der Waals surface area contributed by atoms with Crippen LogP contribution in [0.1, 0.15) is 24.0 Å². The Hall–Kier alpha value is -1.75. The van der Waals surface area contributed by atoms with E-state index in [1.807, 2.05) is 0 Å². The summed E-state index contributed by atoms with van der Waals surface area (Å²) < 4.78 is 81.6. The van der Waals surface area contributed by atoms with Crippen molar-refractivity contribution in [2.75, 3.05) is 24.0 Å². The van der Waals surface area contributed by atoms with Crippen LogP contribution in [0, 0.1) is 0 Å². The number of hydrogen-bond acceptors (Lipinski definition) is 10. The van der Waals surface area contributed by atoms with Crippen molar-refractivity contribution in [3.63, 3.8) is 0 Å². The zero-order valence-electron chi connectivity index (χ0n) is 21.5. The normalized spacial score (nSPS) is 14.0. The molecule has 2 aromatic carbocycles. The molecule has 0 radical (unpaired) electrons. The molecule has 15 heteroatoms. The molecule has 0 aromatic heterocycles. The zero-order chi connectivity index (χ0) is 29.1. The predicted octanol–water partition coefficient (Wildman–Crippen LogP) is 1.94. The van der Waals surface area contributed by atoms with Crippen LogP contribution in [0.2, 0.25) is 0 Å². The van der Waals surface area contributed by atoms with Gasteiger partial charge in [-0.15, -0.1) is 0 Å². The van der Waals surface area contributed by atoms with Crippen LogP contribution in [0.3, 0.4) is 0 Å². The second-order valence-corrected chi connectivity index (χ2v) is 15.8. The number of rotatable bonds is 16. The van der Waals surface area contributed by atoms with E-state index in [9.17, 15) is 34.8 Å². The summed E-state index contributed by atoms with van der Waals surface area (Å²) >= 11 is 2.52. The standard InChI is InChI=1S/C24H32N2O8S5/c1-35-15-13-21(25-37(29,30)17-19-9-5-3-6-10-19)23(27)39(33,34)24(28)22(14-16-36-2)26-38(31,32)18-20-11-7-4-8-12-20/h3-12,21-22,25-26H,13-18H2,1-2H3/t21-,22-/m0/s1. The highest BCUT2D eigenvalue weighted by Crippen LogP contribution is 2.15. The molecular weight excluding hydrogens is 605 g/mol. The number of benzene rings is 2. The van der Waals surface area contributed by atoms with Crippen molar-refractivity contribution in [3.05, 3.63) is 71.8 Å². The van der Waals surface area contributed by atoms with Crippen LogP contribution in [-0.4, -0.2) is 71.6 Å². The van der Waals surface area contributed by atoms with E-state index in [2.05, 4.69) is 9.44 Å². The zero-order valence-corrected chi connectivity index (χ0v) is 25.6. The molecule has 10 nitrogen and oxygen atoms in total. The first kappa shape index (κ1) is 33.5. The number of sulfonamides is 2. The molecule has 2 aromatic rings. The third kappa shape index (κ3) is 11.0. The van der Waals surface area contributed by atoms with E-state index in [0.29, 0.717) is 11.1 Å². The monoisotopic (exact) mass is 636 g/mol. The number of carbonyl (C=O) groups is 2. The third-order valence-corrected chi connectivity index (χ3v) is 11.0. The van der Waals surface area contributed by atoms with Gasteiger partial charge in [-0.1, -0.05) is 60.7 Å². The smallest absolute Gasteiger partial charge is 0.276 e. The molecule has 0 fully saturated rings. The first-order chi connectivity index (χ1) is 18.3. The second kappa shape index (κ2) is 15.3. The van der Waals surface area contributed by atoms with E-state index in [1.165, 1.54) is 23.5 Å². The molecule has 0 aliphatic carbocycles. The molecule has 0 saturated carbocycles. The highest BCUT2D eigenvalue weighted by molar-refractivity contribution is 8.19. The first-order valence-electron chi connectivity index (χ1n) is 11.7. The topological polar surface area (TPSA) is 161 Å². The van der Waals surface area contributed by atoms with Crippen LogP contribution in [-0.2, 0) is 51.0 Å². The number of carbonyl (C=O) groups excluding carboxylic acids is 2. The van der Waals surface area contributed by atoms with Crippen molar-refractivity contribution in [1.82, 2.24) is 9.44 Å². The Bertz CT molecular complexity index is 1310. The maximum absolute atomic E-state index is 13.1. The Morgan fingerprint density at radius 3 is 1.28 bits per heavy atom. The molecule has 0 amide bonds. The van der Waals surface area contributed by atoms with Crippen LogP contribution in [0.25, 0.3) is 0 Å². The SMILES string of the molecule is CSCC[C@H](NS(=O)(=O)Cc1ccccc1)C(=O)S(=O)(=O)C(=O)[C@H](CCSC)NS(=O)(=O)Cc1ccccc1. The molecule has 216 valence electrons. The van der Waals surface area contributed by atoms with Gasteiger partial charge in [-0.05, 0) is 48.0 Å². The quantitative estimate of drug-likeness (QED) is 0.279. The second-order valence-electron chi connectivity index (χ2n) is 8.53. The van der Waals surface area contributed by atoms with E-state index < -0.39 is 63.7 Å². The lowest BCUT2D eigenvalue weighted by atomic mass is 10.2. The maximum atomic E-state index is 13.1. The van der Waals surface area contributed by atoms with Gasteiger partial charge in [0, 0.05) is 0 Å². The molecule has 2 atom stereocenters. The summed E-state index contributed by atoms with van der Waals surface area (Å²) in [6.07, 6.45) is 3.02. The minimum Gasteiger partial charge on any atom is -0.279 e. The summed E-state index contributed by atoms with van der Waals surface area (Å²) in [6, 6.07) is 12.8. The highest BCUT2D eigenvalue weighted by Gasteiger charge is 2.42. The van der Waals surface area contributed by atoms with Gasteiger partial charge in [-0.25, -0.2) is 34.7 Å². The Morgan fingerprint density at radius 2 is 0.974 bits per heavy atom. The van der Waals surface area contributed by atoms with E-state index in [-0.39, 0.29) is 24.3 Å². The fraction of sp³-hybridized carbons (Fsp3) is 0.417. The first-order valence-corrected chi connectivity index (χ1v) is 19.3. The highest BCUT2D eigenvalue weighted by atomic mass is 32.2. The van der Waals surface area contributed by atoms with Crippen LogP contribution in [0.4, 0.5) is 0 Å². The van der Waals surface area contributed by atoms with Crippen LogP contribution in [0.15, 0.2) is 60.7 Å². The van der Waals surface area contributed by atoms with Gasteiger partial charge < -0.3 is 0 Å². The van der Waals surface area contributed by atoms with Gasteiger partial charge in [0.15, 0.2) is 0 Å². The summed E-state index contributed by atoms with van der Waals surface area (Å²) in [5, 5.41) is -3.23. The minimum atomic E-state index is -5.24. The number of thioether (sulfide) groups is 2. The summed E-state index contributed by atoms with van der Waals surface area (Å²) in [7, 11) is -13.6. The van der Waals surface area contributed by atoms with Gasteiger partial charge in [0.2, 0.25) is 20.0 Å². The molecule has 2 rings (SSSR count). The fourth-order valence-corrected chi connectivity index (χ4v) is 8.64. The van der Waals surface area contributed by atoms with Crippen molar-refractivity contribution in [3.8, 4) is 0 Å². The number of hydrogen-bond donors (Lipinski definition) is 2. The van der Waals surface area contributed by atoms with E-state index >= 15 is 0 Å². The van der Waals surface area contributed by atoms with E-state index in [1.54, 1.807) is 73.2 Å². The summed E-state index contributed by atoms with van der Waals surface area (Å²) in [6.45, 7) is 0. The van der Waals surface area contributed by atoms with Gasteiger partial charge >= 0.3 is 0 Å². The Morgan fingerprint density at radius 1 is 0.641 bits per heavy atom. The Kier molecular flexibility index (Phi) is 13.1. The van der Waals surface area contributed by atoms with Crippen molar-refractivity contribution in [2.45, 2.75) is 36.4 Å². The van der Waals surface area contributed by atoms with Crippen LogP contribution in [0.5, 0.6) is 0 Å². The van der Waals surface area contributed by atoms with Crippen molar-refractivity contribution in [2.24, 2.45) is 0 Å². The molecule has 0 spiro atoms. The van der Waals surface area contributed by atoms with E-state index in [0.717, 1.165) is 0 Å².